The Balaban J connectivity index is 3.33. The summed E-state index contributed by atoms with van der Waals surface area (Å²) >= 11 is 0. The Morgan fingerprint density at radius 2 is 1.00 bits per heavy atom. The van der Waals surface area contributed by atoms with Crippen LogP contribution in [0.25, 0.3) is 0 Å². The zero-order valence-corrected chi connectivity index (χ0v) is 13.7. The van der Waals surface area contributed by atoms with Gasteiger partial charge in [-0.25, -0.2) is 0 Å². The molecule has 0 heterocycles. The molecule has 0 amide bonds. The highest BCUT2D eigenvalue weighted by atomic mass is 15.2. The molecule has 0 saturated carbocycles. The van der Waals surface area contributed by atoms with Crippen LogP contribution < -0.4 is 0 Å². The number of hydrogen-bond donors (Lipinski definition) is 0. The Kier molecular flexibility index (Phi) is 12.0. The largest absolute Gasteiger partial charge is 0.299 e. The van der Waals surface area contributed by atoms with Crippen LogP contribution in [0.2, 0.25) is 0 Å². The molecule has 0 spiro atoms. The normalized spacial score (nSPS) is 12.0. The first kappa shape index (κ1) is 18.0. The van der Waals surface area contributed by atoms with Crippen LogP contribution in [-0.2, 0) is 0 Å². The van der Waals surface area contributed by atoms with Crippen LogP contribution >= 0.6 is 0 Å². The Hall–Kier alpha value is -0.0400. The van der Waals surface area contributed by atoms with Crippen LogP contribution in [0.4, 0.5) is 0 Å². The van der Waals surface area contributed by atoms with Crippen LogP contribution in [-0.4, -0.2) is 23.5 Å². The van der Waals surface area contributed by atoms with E-state index in [4.69, 9.17) is 0 Å². The molecular formula is C17H37N. The van der Waals surface area contributed by atoms with Crippen molar-refractivity contribution in [1.29, 1.82) is 0 Å². The second-order valence-electron chi connectivity index (χ2n) is 6.25. The van der Waals surface area contributed by atoms with Crippen LogP contribution in [0.15, 0.2) is 0 Å². The monoisotopic (exact) mass is 255 g/mol. The fourth-order valence-corrected chi connectivity index (χ4v) is 2.72. The fourth-order valence-electron chi connectivity index (χ4n) is 2.72. The molecule has 0 fully saturated rings. The van der Waals surface area contributed by atoms with Gasteiger partial charge in [0.15, 0.2) is 0 Å². The molecule has 0 aromatic heterocycles. The molecule has 0 radical (unpaired) electrons. The Labute approximate surface area is 116 Å². The van der Waals surface area contributed by atoms with Gasteiger partial charge >= 0.3 is 0 Å². The third kappa shape index (κ3) is 9.94. The number of nitrogens with zero attached hydrogens (tertiary/aromatic N) is 1. The van der Waals surface area contributed by atoms with Gasteiger partial charge in [0.2, 0.25) is 0 Å². The first-order valence-corrected chi connectivity index (χ1v) is 8.35. The van der Waals surface area contributed by atoms with Crippen molar-refractivity contribution in [2.45, 2.75) is 104 Å². The van der Waals surface area contributed by atoms with E-state index in [0.717, 1.165) is 0 Å². The summed E-state index contributed by atoms with van der Waals surface area (Å²) in [6.07, 6.45) is 12.8. The van der Waals surface area contributed by atoms with Gasteiger partial charge < -0.3 is 0 Å². The summed E-state index contributed by atoms with van der Waals surface area (Å²) < 4.78 is 0. The predicted molar refractivity (Wildman–Crippen MR) is 84.2 cm³/mol. The maximum Gasteiger partial charge on any atom is 0.00412 e. The summed E-state index contributed by atoms with van der Waals surface area (Å²) in [6, 6.07) is 1.39. The molecule has 0 aromatic rings. The molecule has 18 heavy (non-hydrogen) atoms. The average molecular weight is 255 g/mol. The van der Waals surface area contributed by atoms with Crippen molar-refractivity contribution >= 4 is 0 Å². The minimum atomic E-state index is 0.694. The van der Waals surface area contributed by atoms with E-state index in [2.05, 4.69) is 39.5 Å². The van der Waals surface area contributed by atoms with E-state index in [1.54, 1.807) is 0 Å². The molecule has 0 N–H and O–H groups in total. The lowest BCUT2D eigenvalue weighted by Gasteiger charge is -2.30. The van der Waals surface area contributed by atoms with E-state index in [1.165, 1.54) is 64.3 Å². The van der Waals surface area contributed by atoms with Gasteiger partial charge in [-0.15, -0.1) is 0 Å². The molecule has 0 aliphatic rings. The molecule has 0 aromatic carbocycles. The van der Waals surface area contributed by atoms with Gasteiger partial charge in [0, 0.05) is 12.1 Å². The number of unbranched alkanes of at least 4 members (excludes halogenated alkanes) is 8. The maximum absolute atomic E-state index is 2.61. The molecule has 0 unspecified atom stereocenters. The molecule has 1 heteroatoms. The summed E-state index contributed by atoms with van der Waals surface area (Å²) in [7, 11) is 0. The summed E-state index contributed by atoms with van der Waals surface area (Å²) in [6.45, 7) is 12.8. The smallest absolute Gasteiger partial charge is 0.00412 e. The molecule has 0 atom stereocenters. The molecule has 0 rings (SSSR count). The summed E-state index contributed by atoms with van der Waals surface area (Å²) in [5.74, 6) is 0. The topological polar surface area (TPSA) is 3.24 Å². The minimum absolute atomic E-state index is 0.694. The third-order valence-electron chi connectivity index (χ3n) is 3.85. The van der Waals surface area contributed by atoms with Crippen molar-refractivity contribution in [1.82, 2.24) is 4.90 Å². The van der Waals surface area contributed by atoms with E-state index in [0.29, 0.717) is 12.1 Å². The molecule has 1 nitrogen and oxygen atoms in total. The van der Waals surface area contributed by atoms with Crippen molar-refractivity contribution in [3.8, 4) is 0 Å². The van der Waals surface area contributed by atoms with Crippen LogP contribution in [0.1, 0.15) is 92.4 Å². The SMILES string of the molecule is CCCCCCCCCCCN(C(C)C)C(C)C. The lowest BCUT2D eigenvalue weighted by atomic mass is 10.1. The zero-order chi connectivity index (χ0) is 13.8. The van der Waals surface area contributed by atoms with Gasteiger partial charge in [-0.3, -0.25) is 4.90 Å². The van der Waals surface area contributed by atoms with E-state index in [-0.39, 0.29) is 0 Å². The van der Waals surface area contributed by atoms with Crippen molar-refractivity contribution in [2.24, 2.45) is 0 Å². The molecule has 0 bridgehead atoms. The fraction of sp³-hybridized carbons (Fsp3) is 1.00. The standard InChI is InChI=1S/C17H37N/c1-6-7-8-9-10-11-12-13-14-15-18(16(2)3)17(4)5/h16-17H,6-15H2,1-5H3. The Morgan fingerprint density at radius 1 is 0.611 bits per heavy atom. The Bertz CT molecular complexity index is 155. The van der Waals surface area contributed by atoms with E-state index in [9.17, 15) is 0 Å². The van der Waals surface area contributed by atoms with Crippen LogP contribution in [0.3, 0.4) is 0 Å². The maximum atomic E-state index is 2.61. The second kappa shape index (κ2) is 12.0. The summed E-state index contributed by atoms with van der Waals surface area (Å²) in [5, 5.41) is 0. The molecule has 110 valence electrons. The van der Waals surface area contributed by atoms with Crippen LogP contribution in [0, 0.1) is 0 Å². The van der Waals surface area contributed by atoms with Gasteiger partial charge in [-0.05, 0) is 40.7 Å². The van der Waals surface area contributed by atoms with Crippen molar-refractivity contribution in [2.75, 3.05) is 6.54 Å². The van der Waals surface area contributed by atoms with Crippen molar-refractivity contribution in [3.05, 3.63) is 0 Å². The second-order valence-corrected chi connectivity index (χ2v) is 6.25. The average Bonchev–Trinajstić information content (AvgIpc) is 2.30. The first-order valence-electron chi connectivity index (χ1n) is 8.35. The third-order valence-corrected chi connectivity index (χ3v) is 3.85. The minimum Gasteiger partial charge on any atom is -0.299 e. The number of rotatable bonds is 12. The molecule has 0 saturated heterocycles. The highest BCUT2D eigenvalue weighted by molar-refractivity contribution is 4.67. The van der Waals surface area contributed by atoms with Gasteiger partial charge in [0.25, 0.3) is 0 Å². The summed E-state index contributed by atoms with van der Waals surface area (Å²) in [5.41, 5.74) is 0. The highest BCUT2D eigenvalue weighted by Crippen LogP contribution is 2.11. The lowest BCUT2D eigenvalue weighted by molar-refractivity contribution is 0.171. The molecule has 0 aliphatic heterocycles. The van der Waals surface area contributed by atoms with E-state index >= 15 is 0 Å². The zero-order valence-electron chi connectivity index (χ0n) is 13.7. The van der Waals surface area contributed by atoms with E-state index in [1.807, 2.05) is 0 Å². The quantitative estimate of drug-likeness (QED) is 0.408. The van der Waals surface area contributed by atoms with Crippen LogP contribution in [0.5, 0.6) is 0 Å². The van der Waals surface area contributed by atoms with E-state index < -0.39 is 0 Å². The molecule has 0 aliphatic carbocycles. The van der Waals surface area contributed by atoms with Crippen molar-refractivity contribution < 1.29 is 0 Å². The van der Waals surface area contributed by atoms with Gasteiger partial charge in [0.1, 0.15) is 0 Å². The molecular weight excluding hydrogens is 218 g/mol. The highest BCUT2D eigenvalue weighted by Gasteiger charge is 2.11. The lowest BCUT2D eigenvalue weighted by Crippen LogP contribution is -2.37. The van der Waals surface area contributed by atoms with Crippen molar-refractivity contribution in [3.63, 3.8) is 0 Å². The van der Waals surface area contributed by atoms with Gasteiger partial charge in [0.05, 0.1) is 0 Å². The number of hydrogen-bond acceptors (Lipinski definition) is 1. The van der Waals surface area contributed by atoms with Gasteiger partial charge in [-0.2, -0.15) is 0 Å². The summed E-state index contributed by atoms with van der Waals surface area (Å²) in [4.78, 5) is 2.61. The predicted octanol–water partition coefficient (Wildman–Crippen LogP) is 5.64. The first-order chi connectivity index (χ1) is 8.59. The Morgan fingerprint density at radius 3 is 1.39 bits per heavy atom. The van der Waals surface area contributed by atoms with Gasteiger partial charge in [-0.1, -0.05) is 58.3 Å².